The third-order valence-corrected chi connectivity index (χ3v) is 3.59. The minimum atomic E-state index is -0.120. The smallest absolute Gasteiger partial charge is 0.165 e. The molecule has 0 unspecified atom stereocenters. The van der Waals surface area contributed by atoms with Crippen molar-refractivity contribution in [1.29, 1.82) is 0 Å². The van der Waals surface area contributed by atoms with E-state index in [-0.39, 0.29) is 17.0 Å². The van der Waals surface area contributed by atoms with Crippen molar-refractivity contribution in [1.82, 2.24) is 0 Å². The Morgan fingerprint density at radius 2 is 1.90 bits per heavy atom. The fraction of sp³-hybridized carbons (Fsp3) is 0.412. The first-order valence-electron chi connectivity index (χ1n) is 6.87. The summed E-state index contributed by atoms with van der Waals surface area (Å²) < 4.78 is 0. The van der Waals surface area contributed by atoms with E-state index in [0.29, 0.717) is 24.1 Å². The van der Waals surface area contributed by atoms with Gasteiger partial charge in [0.1, 0.15) is 5.76 Å². The predicted molar refractivity (Wildman–Crippen MR) is 81.6 cm³/mol. The number of aryl methyl sites for hydroxylation is 1. The van der Waals surface area contributed by atoms with E-state index in [1.807, 2.05) is 31.2 Å². The number of allylic oxidation sites excluding steroid dienone is 2. The van der Waals surface area contributed by atoms with Crippen LogP contribution in [0, 0.1) is 12.3 Å². The Balaban J connectivity index is 2.55. The molecule has 0 fully saturated rings. The van der Waals surface area contributed by atoms with Crippen LogP contribution in [-0.2, 0) is 4.79 Å². The van der Waals surface area contributed by atoms with Crippen molar-refractivity contribution in [2.75, 3.05) is 0 Å². The van der Waals surface area contributed by atoms with E-state index in [4.69, 9.17) is 0 Å². The fourth-order valence-electron chi connectivity index (χ4n) is 2.65. The molecule has 20 heavy (non-hydrogen) atoms. The number of benzene rings is 1. The van der Waals surface area contributed by atoms with Crippen molar-refractivity contribution in [3.8, 4) is 0 Å². The van der Waals surface area contributed by atoms with Crippen molar-refractivity contribution in [3.63, 3.8) is 0 Å². The van der Waals surface area contributed by atoms with Gasteiger partial charge < -0.3 is 5.11 Å². The summed E-state index contributed by atoms with van der Waals surface area (Å²) in [5, 5.41) is 10.2. The summed E-state index contributed by atoms with van der Waals surface area (Å²) in [5.74, 6) is 0.0476. The molecule has 1 N–H and O–H groups in total. The largest absolute Gasteiger partial charge is 0.511 e. The molecule has 0 spiro atoms. The van der Waals surface area contributed by atoms with Crippen LogP contribution in [0.1, 0.15) is 39.2 Å². The Hall–Kier alpha value is -1.90. The van der Waals surface area contributed by atoms with Gasteiger partial charge in [-0.05, 0) is 37.3 Å². The molecule has 3 nitrogen and oxygen atoms in total. The highest BCUT2D eigenvalue weighted by molar-refractivity contribution is 6.23. The lowest BCUT2D eigenvalue weighted by molar-refractivity contribution is -0.113. The lowest BCUT2D eigenvalue weighted by Gasteiger charge is -2.31. The van der Waals surface area contributed by atoms with Crippen LogP contribution in [0.2, 0.25) is 0 Å². The molecule has 0 aliphatic heterocycles. The van der Waals surface area contributed by atoms with Crippen LogP contribution in [0.4, 0.5) is 5.69 Å². The highest BCUT2D eigenvalue weighted by Crippen LogP contribution is 2.37. The summed E-state index contributed by atoms with van der Waals surface area (Å²) in [5.41, 5.74) is 2.93. The molecule has 0 amide bonds. The number of aliphatic imine (C=N–C) groups is 1. The van der Waals surface area contributed by atoms with Crippen molar-refractivity contribution in [3.05, 3.63) is 41.2 Å². The third kappa shape index (κ3) is 2.98. The summed E-state index contributed by atoms with van der Waals surface area (Å²) >= 11 is 0. The number of rotatable bonds is 2. The number of hydrogen-bond acceptors (Lipinski definition) is 3. The zero-order valence-electron chi connectivity index (χ0n) is 12.5. The van der Waals surface area contributed by atoms with E-state index in [2.05, 4.69) is 18.8 Å². The molecule has 2 rings (SSSR count). The lowest BCUT2D eigenvalue weighted by Crippen LogP contribution is -2.28. The molecule has 0 saturated heterocycles. The summed E-state index contributed by atoms with van der Waals surface area (Å²) in [7, 11) is 0. The molecule has 0 saturated carbocycles. The van der Waals surface area contributed by atoms with E-state index in [9.17, 15) is 9.90 Å². The molecule has 0 bridgehead atoms. The number of aliphatic hydroxyl groups excluding tert-OH is 1. The molecule has 0 atom stereocenters. The Labute approximate surface area is 120 Å². The highest BCUT2D eigenvalue weighted by atomic mass is 16.3. The van der Waals surface area contributed by atoms with Crippen LogP contribution in [0.15, 0.2) is 40.6 Å². The quantitative estimate of drug-likeness (QED) is 0.872. The van der Waals surface area contributed by atoms with Crippen molar-refractivity contribution >= 4 is 17.2 Å². The van der Waals surface area contributed by atoms with Gasteiger partial charge in [0, 0.05) is 6.42 Å². The first kappa shape index (κ1) is 14.5. The van der Waals surface area contributed by atoms with E-state index in [1.165, 1.54) is 6.92 Å². The van der Waals surface area contributed by atoms with Gasteiger partial charge in [0.05, 0.1) is 17.0 Å². The molecule has 0 aromatic heterocycles. The number of ketones is 1. The zero-order valence-corrected chi connectivity index (χ0v) is 12.5. The number of aliphatic hydroxyl groups is 1. The summed E-state index contributed by atoms with van der Waals surface area (Å²) in [6.45, 7) is 7.63. The monoisotopic (exact) mass is 271 g/mol. The number of para-hydroxylation sites is 1. The highest BCUT2D eigenvalue weighted by Gasteiger charge is 2.33. The van der Waals surface area contributed by atoms with Crippen LogP contribution in [0.25, 0.3) is 0 Å². The minimum absolute atomic E-state index is 0.0788. The predicted octanol–water partition coefficient (Wildman–Crippen LogP) is 4.29. The maximum atomic E-state index is 11.8. The molecule has 0 radical (unpaired) electrons. The van der Waals surface area contributed by atoms with Gasteiger partial charge in [-0.2, -0.15) is 0 Å². The summed E-state index contributed by atoms with van der Waals surface area (Å²) in [6.07, 6.45) is 1.22. The molecule has 1 aliphatic carbocycles. The van der Waals surface area contributed by atoms with Crippen LogP contribution in [0.5, 0.6) is 0 Å². The van der Waals surface area contributed by atoms with Gasteiger partial charge >= 0.3 is 0 Å². The van der Waals surface area contributed by atoms with Gasteiger partial charge in [0.15, 0.2) is 5.78 Å². The maximum absolute atomic E-state index is 11.8. The van der Waals surface area contributed by atoms with E-state index >= 15 is 0 Å². The molecule has 0 heterocycles. The van der Waals surface area contributed by atoms with Gasteiger partial charge in [-0.3, -0.25) is 9.79 Å². The average molecular weight is 271 g/mol. The SMILES string of the molecule is CC(=O)C1=C(O)CC(C)(C)CC1=Nc1ccccc1C. The molecule has 1 aliphatic rings. The maximum Gasteiger partial charge on any atom is 0.165 e. The average Bonchev–Trinajstić information content (AvgIpc) is 2.29. The molecule has 1 aromatic rings. The molecular formula is C17H21NO2. The topological polar surface area (TPSA) is 49.7 Å². The second-order valence-electron chi connectivity index (χ2n) is 6.24. The number of nitrogens with zero attached hydrogens (tertiary/aromatic N) is 1. The van der Waals surface area contributed by atoms with Crippen molar-refractivity contribution in [2.24, 2.45) is 10.4 Å². The second-order valence-corrected chi connectivity index (χ2v) is 6.24. The van der Waals surface area contributed by atoms with Gasteiger partial charge in [0.2, 0.25) is 0 Å². The van der Waals surface area contributed by atoms with Crippen LogP contribution in [0.3, 0.4) is 0 Å². The number of carbonyl (C=O) groups excluding carboxylic acids is 1. The second kappa shape index (κ2) is 5.23. The van der Waals surface area contributed by atoms with Gasteiger partial charge in [-0.1, -0.05) is 32.0 Å². The van der Waals surface area contributed by atoms with E-state index in [0.717, 1.165) is 11.3 Å². The molecular weight excluding hydrogens is 250 g/mol. The number of carbonyl (C=O) groups is 1. The zero-order chi connectivity index (χ0) is 14.9. The van der Waals surface area contributed by atoms with E-state index < -0.39 is 0 Å². The Morgan fingerprint density at radius 3 is 2.50 bits per heavy atom. The lowest BCUT2D eigenvalue weighted by atomic mass is 9.75. The van der Waals surface area contributed by atoms with Crippen molar-refractivity contribution < 1.29 is 9.90 Å². The van der Waals surface area contributed by atoms with Gasteiger partial charge in [-0.15, -0.1) is 0 Å². The van der Waals surface area contributed by atoms with Crippen LogP contribution >= 0.6 is 0 Å². The van der Waals surface area contributed by atoms with E-state index in [1.54, 1.807) is 0 Å². The standard InChI is InChI=1S/C17H21NO2/c1-11-7-5-6-8-13(11)18-14-9-17(3,4)10-15(20)16(14)12(2)19/h5-8,20H,9-10H2,1-4H3. The number of Topliss-reactive ketones (excluding diaryl/α,β-unsaturated/α-hetero) is 1. The van der Waals surface area contributed by atoms with Crippen LogP contribution < -0.4 is 0 Å². The Bertz CT molecular complexity index is 609. The number of hydrogen-bond donors (Lipinski definition) is 1. The van der Waals surface area contributed by atoms with Crippen LogP contribution in [-0.4, -0.2) is 16.6 Å². The Morgan fingerprint density at radius 1 is 1.25 bits per heavy atom. The summed E-state index contributed by atoms with van der Waals surface area (Å²) in [4.78, 5) is 16.5. The third-order valence-electron chi connectivity index (χ3n) is 3.59. The minimum Gasteiger partial charge on any atom is -0.511 e. The Kier molecular flexibility index (Phi) is 3.80. The normalized spacial score (nSPS) is 20.3. The summed E-state index contributed by atoms with van der Waals surface area (Å²) in [6, 6.07) is 7.81. The molecule has 3 heteroatoms. The fourth-order valence-corrected chi connectivity index (χ4v) is 2.65. The first-order valence-corrected chi connectivity index (χ1v) is 6.87. The van der Waals surface area contributed by atoms with Gasteiger partial charge in [0.25, 0.3) is 0 Å². The first-order chi connectivity index (χ1) is 9.30. The van der Waals surface area contributed by atoms with Crippen molar-refractivity contribution in [2.45, 2.75) is 40.5 Å². The molecule has 106 valence electrons. The molecule has 1 aromatic carbocycles. The van der Waals surface area contributed by atoms with Gasteiger partial charge in [-0.25, -0.2) is 0 Å².